The highest BCUT2D eigenvalue weighted by Crippen LogP contribution is 2.24. The minimum absolute atomic E-state index is 0.0526. The monoisotopic (exact) mass is 249 g/mol. The Balaban J connectivity index is 2.64. The second-order valence-electron chi connectivity index (χ2n) is 5.60. The summed E-state index contributed by atoms with van der Waals surface area (Å²) in [5.74, 6) is 0.482. The van der Waals surface area contributed by atoms with Gasteiger partial charge in [0.25, 0.3) is 0 Å². The van der Waals surface area contributed by atoms with Gasteiger partial charge in [-0.25, -0.2) is 8.42 Å². The maximum atomic E-state index is 11.4. The van der Waals surface area contributed by atoms with Crippen molar-refractivity contribution >= 4 is 9.84 Å². The molecule has 0 aromatic heterocycles. The van der Waals surface area contributed by atoms with E-state index in [1.54, 1.807) is 6.92 Å². The summed E-state index contributed by atoms with van der Waals surface area (Å²) in [4.78, 5) is 2.16. The number of hydrogen-bond donors (Lipinski definition) is 1. The highest BCUT2D eigenvalue weighted by Gasteiger charge is 2.33. The van der Waals surface area contributed by atoms with Crippen LogP contribution in [0.2, 0.25) is 0 Å². The Kier molecular flexibility index (Phi) is 4.03. The van der Waals surface area contributed by atoms with Crippen molar-refractivity contribution in [2.45, 2.75) is 39.8 Å². The molecule has 0 spiro atoms. The number of nitrogens with zero attached hydrogens (tertiary/aromatic N) is 1. The SMILES string of the molecule is CC1CS(=O)(=O)CCN1CC(C)(C)C(C)O. The third-order valence-corrected chi connectivity index (χ3v) is 5.34. The van der Waals surface area contributed by atoms with E-state index >= 15 is 0 Å². The van der Waals surface area contributed by atoms with E-state index in [9.17, 15) is 13.5 Å². The van der Waals surface area contributed by atoms with Crippen molar-refractivity contribution in [2.75, 3.05) is 24.6 Å². The molecule has 2 atom stereocenters. The largest absolute Gasteiger partial charge is 0.393 e. The van der Waals surface area contributed by atoms with Crippen LogP contribution in [0.5, 0.6) is 0 Å². The first-order valence-corrected chi connectivity index (χ1v) is 7.59. The van der Waals surface area contributed by atoms with Gasteiger partial charge < -0.3 is 5.11 Å². The van der Waals surface area contributed by atoms with Gasteiger partial charge in [0, 0.05) is 24.5 Å². The number of aliphatic hydroxyl groups is 1. The fourth-order valence-electron chi connectivity index (χ4n) is 1.92. The molecule has 5 heteroatoms. The van der Waals surface area contributed by atoms with Gasteiger partial charge in [-0.15, -0.1) is 0 Å². The van der Waals surface area contributed by atoms with Crippen LogP contribution in [-0.2, 0) is 9.84 Å². The molecular weight excluding hydrogens is 226 g/mol. The molecule has 16 heavy (non-hydrogen) atoms. The first kappa shape index (κ1) is 13.9. The zero-order valence-corrected chi connectivity index (χ0v) is 11.4. The Morgan fingerprint density at radius 3 is 2.50 bits per heavy atom. The van der Waals surface area contributed by atoms with E-state index in [0.717, 1.165) is 6.54 Å². The summed E-state index contributed by atoms with van der Waals surface area (Å²) < 4.78 is 22.9. The number of aliphatic hydroxyl groups excluding tert-OH is 1. The lowest BCUT2D eigenvalue weighted by atomic mass is 9.86. The summed E-state index contributed by atoms with van der Waals surface area (Å²) in [7, 11) is -2.84. The Morgan fingerprint density at radius 2 is 2.06 bits per heavy atom. The molecule has 0 saturated carbocycles. The van der Waals surface area contributed by atoms with Crippen molar-refractivity contribution in [3.63, 3.8) is 0 Å². The molecule has 96 valence electrons. The van der Waals surface area contributed by atoms with Gasteiger partial charge in [0.05, 0.1) is 17.6 Å². The maximum Gasteiger partial charge on any atom is 0.153 e. The van der Waals surface area contributed by atoms with Crippen LogP contribution in [0.3, 0.4) is 0 Å². The second-order valence-corrected chi connectivity index (χ2v) is 7.83. The van der Waals surface area contributed by atoms with E-state index in [0.29, 0.717) is 6.54 Å². The van der Waals surface area contributed by atoms with Gasteiger partial charge >= 0.3 is 0 Å². The van der Waals surface area contributed by atoms with Crippen LogP contribution in [0.25, 0.3) is 0 Å². The molecule has 1 heterocycles. The minimum Gasteiger partial charge on any atom is -0.393 e. The first-order valence-electron chi connectivity index (χ1n) is 5.76. The van der Waals surface area contributed by atoms with Crippen LogP contribution in [0, 0.1) is 5.41 Å². The van der Waals surface area contributed by atoms with Gasteiger partial charge in [-0.3, -0.25) is 4.90 Å². The first-order chi connectivity index (χ1) is 7.14. The lowest BCUT2D eigenvalue weighted by Crippen LogP contribution is -2.51. The van der Waals surface area contributed by atoms with Crippen LogP contribution in [0.1, 0.15) is 27.7 Å². The number of sulfone groups is 1. The topological polar surface area (TPSA) is 57.6 Å². The second kappa shape index (κ2) is 4.63. The average Bonchev–Trinajstić information content (AvgIpc) is 2.09. The van der Waals surface area contributed by atoms with Crippen molar-refractivity contribution in [2.24, 2.45) is 5.41 Å². The quantitative estimate of drug-likeness (QED) is 0.792. The van der Waals surface area contributed by atoms with Gasteiger partial charge in [-0.05, 0) is 13.8 Å². The molecule has 0 bridgehead atoms. The summed E-state index contributed by atoms with van der Waals surface area (Å²) in [6, 6.07) is 0.0526. The third kappa shape index (κ3) is 3.43. The number of rotatable bonds is 3. The van der Waals surface area contributed by atoms with Gasteiger partial charge in [-0.2, -0.15) is 0 Å². The molecule has 0 aromatic carbocycles. The molecule has 1 fully saturated rings. The van der Waals surface area contributed by atoms with E-state index in [1.165, 1.54) is 0 Å². The molecule has 2 unspecified atom stereocenters. The molecule has 1 N–H and O–H groups in total. The zero-order valence-electron chi connectivity index (χ0n) is 10.6. The maximum absolute atomic E-state index is 11.4. The molecular formula is C11H23NO3S. The van der Waals surface area contributed by atoms with Crippen molar-refractivity contribution in [1.29, 1.82) is 0 Å². The normalized spacial score (nSPS) is 28.9. The molecule has 0 aromatic rings. The predicted molar refractivity (Wildman–Crippen MR) is 65.2 cm³/mol. The van der Waals surface area contributed by atoms with Crippen LogP contribution in [0.4, 0.5) is 0 Å². The van der Waals surface area contributed by atoms with Crippen molar-refractivity contribution in [1.82, 2.24) is 4.90 Å². The minimum atomic E-state index is -2.84. The molecule has 0 radical (unpaired) electrons. The van der Waals surface area contributed by atoms with Crippen LogP contribution < -0.4 is 0 Å². The van der Waals surface area contributed by atoms with Crippen LogP contribution in [0.15, 0.2) is 0 Å². The Labute approximate surface area is 98.6 Å². The molecule has 4 nitrogen and oxygen atoms in total. The fourth-order valence-corrected chi connectivity index (χ4v) is 3.55. The third-order valence-electron chi connectivity index (χ3n) is 3.55. The zero-order chi connectivity index (χ0) is 12.6. The van der Waals surface area contributed by atoms with Gasteiger partial charge in [0.1, 0.15) is 0 Å². The lowest BCUT2D eigenvalue weighted by molar-refractivity contribution is 0.0271. The summed E-state index contributed by atoms with van der Waals surface area (Å²) in [6.45, 7) is 9.06. The number of hydrogen-bond acceptors (Lipinski definition) is 4. The van der Waals surface area contributed by atoms with Gasteiger partial charge in [0.15, 0.2) is 9.84 Å². The predicted octanol–water partition coefficient (Wildman–Crippen LogP) is 0.512. The molecule has 1 aliphatic heterocycles. The standard InChI is InChI=1S/C11H23NO3S/c1-9-7-16(14,15)6-5-12(9)8-11(3,4)10(2)13/h9-10,13H,5-8H2,1-4H3. The average molecular weight is 249 g/mol. The van der Waals surface area contributed by atoms with E-state index in [2.05, 4.69) is 4.90 Å². The summed E-state index contributed by atoms with van der Waals surface area (Å²) in [5, 5.41) is 9.65. The van der Waals surface area contributed by atoms with Crippen molar-refractivity contribution in [3.8, 4) is 0 Å². The summed E-state index contributed by atoms with van der Waals surface area (Å²) in [5.41, 5.74) is -0.199. The molecule has 0 amide bonds. The molecule has 1 saturated heterocycles. The molecule has 1 aliphatic rings. The summed E-state index contributed by atoms with van der Waals surface area (Å²) >= 11 is 0. The Morgan fingerprint density at radius 1 is 1.50 bits per heavy atom. The Hall–Kier alpha value is -0.130. The van der Waals surface area contributed by atoms with E-state index in [-0.39, 0.29) is 23.0 Å². The Bertz CT molecular complexity index is 335. The van der Waals surface area contributed by atoms with Crippen LogP contribution >= 0.6 is 0 Å². The molecule has 0 aliphatic carbocycles. The van der Waals surface area contributed by atoms with Gasteiger partial charge in [0.2, 0.25) is 0 Å². The fraction of sp³-hybridized carbons (Fsp3) is 1.00. The van der Waals surface area contributed by atoms with Crippen molar-refractivity contribution < 1.29 is 13.5 Å². The lowest BCUT2D eigenvalue weighted by Gasteiger charge is -2.40. The van der Waals surface area contributed by atoms with Crippen molar-refractivity contribution in [3.05, 3.63) is 0 Å². The van der Waals surface area contributed by atoms with Crippen LogP contribution in [-0.4, -0.2) is 55.2 Å². The van der Waals surface area contributed by atoms with E-state index in [4.69, 9.17) is 0 Å². The molecule has 1 rings (SSSR count). The van der Waals surface area contributed by atoms with E-state index in [1.807, 2.05) is 20.8 Å². The van der Waals surface area contributed by atoms with E-state index < -0.39 is 15.9 Å². The highest BCUT2D eigenvalue weighted by atomic mass is 32.2. The highest BCUT2D eigenvalue weighted by molar-refractivity contribution is 7.91. The smallest absolute Gasteiger partial charge is 0.153 e. The summed E-state index contributed by atoms with van der Waals surface area (Å²) in [6.07, 6.45) is -0.391. The van der Waals surface area contributed by atoms with Gasteiger partial charge in [-0.1, -0.05) is 13.8 Å².